The molecule has 1 aromatic carbocycles. The Hall–Kier alpha value is -1.07. The minimum Gasteiger partial charge on any atom is -0.496 e. The van der Waals surface area contributed by atoms with E-state index in [0.29, 0.717) is 0 Å². The molecule has 126 valence electrons. The fourth-order valence-corrected chi connectivity index (χ4v) is 4.38. The summed E-state index contributed by atoms with van der Waals surface area (Å²) in [6, 6.07) is 6.33. The number of rotatable bonds is 3. The van der Waals surface area contributed by atoms with Crippen LogP contribution in [0.4, 0.5) is 0 Å². The lowest BCUT2D eigenvalue weighted by Gasteiger charge is -2.33. The molecule has 23 heavy (non-hydrogen) atoms. The van der Waals surface area contributed by atoms with Crippen molar-refractivity contribution in [1.82, 2.24) is 4.90 Å². The monoisotopic (exact) mass is 380 g/mol. The van der Waals surface area contributed by atoms with E-state index in [-0.39, 0.29) is 23.9 Å². The summed E-state index contributed by atoms with van der Waals surface area (Å²) in [5, 5.41) is 0. The predicted octanol–water partition coefficient (Wildman–Crippen LogP) is 3.64. The van der Waals surface area contributed by atoms with Crippen molar-refractivity contribution in [2.75, 3.05) is 13.7 Å². The van der Waals surface area contributed by atoms with E-state index in [2.05, 4.69) is 26.9 Å². The van der Waals surface area contributed by atoms with Crippen molar-refractivity contribution in [3.63, 3.8) is 0 Å². The van der Waals surface area contributed by atoms with E-state index in [0.717, 1.165) is 60.9 Å². The van der Waals surface area contributed by atoms with Gasteiger partial charge in [-0.2, -0.15) is 0 Å². The summed E-state index contributed by atoms with van der Waals surface area (Å²) in [4.78, 5) is 15.1. The van der Waals surface area contributed by atoms with Gasteiger partial charge in [0.15, 0.2) is 0 Å². The first-order valence-electron chi connectivity index (χ1n) is 8.49. The number of nitrogens with zero attached hydrogens (tertiary/aromatic N) is 1. The van der Waals surface area contributed by atoms with Crippen LogP contribution in [0.15, 0.2) is 22.7 Å². The molecule has 2 N–H and O–H groups in total. The van der Waals surface area contributed by atoms with Crippen molar-refractivity contribution in [1.29, 1.82) is 0 Å². The number of carbonyl (C=O) groups is 1. The first-order chi connectivity index (χ1) is 11.1. The third-order valence-electron chi connectivity index (χ3n) is 5.15. The number of ether oxygens (including phenoxy) is 1. The molecule has 2 aliphatic rings. The summed E-state index contributed by atoms with van der Waals surface area (Å²) >= 11 is 3.54. The molecule has 1 amide bonds. The molecule has 0 radical (unpaired) electrons. The van der Waals surface area contributed by atoms with Crippen molar-refractivity contribution in [3.05, 3.63) is 28.2 Å². The van der Waals surface area contributed by atoms with Crippen molar-refractivity contribution >= 4 is 21.8 Å². The maximum atomic E-state index is 13.0. The van der Waals surface area contributed by atoms with Crippen LogP contribution in [0.5, 0.6) is 5.75 Å². The van der Waals surface area contributed by atoms with E-state index in [1.54, 1.807) is 7.11 Å². The molecule has 3 atom stereocenters. The maximum absolute atomic E-state index is 13.0. The molecule has 1 saturated heterocycles. The number of carbonyl (C=O) groups excluding carboxylic acids is 1. The minimum atomic E-state index is 0.0949. The van der Waals surface area contributed by atoms with Crippen molar-refractivity contribution in [3.8, 4) is 5.75 Å². The highest BCUT2D eigenvalue weighted by molar-refractivity contribution is 9.10. The minimum absolute atomic E-state index is 0.0949. The molecule has 3 unspecified atom stereocenters. The smallest absolute Gasteiger partial charge is 0.226 e. The van der Waals surface area contributed by atoms with Crippen molar-refractivity contribution in [2.24, 2.45) is 11.7 Å². The summed E-state index contributed by atoms with van der Waals surface area (Å²) in [6.07, 6.45) is 5.97. The number of hydrogen-bond donors (Lipinski definition) is 1. The molecule has 2 fully saturated rings. The lowest BCUT2D eigenvalue weighted by molar-refractivity contribution is -0.137. The summed E-state index contributed by atoms with van der Waals surface area (Å²) < 4.78 is 6.55. The summed E-state index contributed by atoms with van der Waals surface area (Å²) in [7, 11) is 1.69. The standard InChI is InChI=1S/C18H25BrN2O2/c1-23-17-8-7-13(19)11-15(17)16-6-3-9-21(16)18(22)12-4-2-5-14(20)10-12/h7-8,11-12,14,16H,2-6,9-10,20H2,1H3. The average Bonchev–Trinajstić information content (AvgIpc) is 3.03. The number of likely N-dealkylation sites (tertiary alicyclic amines) is 1. The van der Waals surface area contributed by atoms with Crippen LogP contribution in [0.2, 0.25) is 0 Å². The molecule has 0 aromatic heterocycles. The Balaban J connectivity index is 1.82. The second-order valence-corrected chi connectivity index (χ2v) is 7.62. The van der Waals surface area contributed by atoms with E-state index in [1.165, 1.54) is 0 Å². The fraction of sp³-hybridized carbons (Fsp3) is 0.611. The topological polar surface area (TPSA) is 55.6 Å². The quantitative estimate of drug-likeness (QED) is 0.870. The van der Waals surface area contributed by atoms with Gasteiger partial charge in [-0.25, -0.2) is 0 Å². The third-order valence-corrected chi connectivity index (χ3v) is 5.64. The van der Waals surface area contributed by atoms with Crippen LogP contribution in [0.1, 0.15) is 50.1 Å². The first-order valence-corrected chi connectivity index (χ1v) is 9.29. The van der Waals surface area contributed by atoms with Gasteiger partial charge in [-0.15, -0.1) is 0 Å². The summed E-state index contributed by atoms with van der Waals surface area (Å²) in [6.45, 7) is 0.838. The largest absolute Gasteiger partial charge is 0.496 e. The second kappa shape index (κ2) is 7.22. The summed E-state index contributed by atoms with van der Waals surface area (Å²) in [5.74, 6) is 1.24. The van der Waals surface area contributed by atoms with E-state index >= 15 is 0 Å². The zero-order chi connectivity index (χ0) is 16.4. The van der Waals surface area contributed by atoms with Gasteiger partial charge in [-0.05, 0) is 50.3 Å². The Morgan fingerprint density at radius 1 is 1.30 bits per heavy atom. The van der Waals surface area contributed by atoms with Crippen LogP contribution in [0, 0.1) is 5.92 Å². The van der Waals surface area contributed by atoms with Gasteiger partial charge >= 0.3 is 0 Å². The zero-order valence-electron chi connectivity index (χ0n) is 13.6. The Labute approximate surface area is 146 Å². The second-order valence-electron chi connectivity index (χ2n) is 6.70. The Morgan fingerprint density at radius 2 is 2.13 bits per heavy atom. The van der Waals surface area contributed by atoms with Crippen LogP contribution in [-0.4, -0.2) is 30.5 Å². The number of hydrogen-bond acceptors (Lipinski definition) is 3. The first kappa shape index (κ1) is 16.8. The highest BCUT2D eigenvalue weighted by Crippen LogP contribution is 2.40. The molecular weight excluding hydrogens is 356 g/mol. The van der Waals surface area contributed by atoms with E-state index in [4.69, 9.17) is 10.5 Å². The summed E-state index contributed by atoms with van der Waals surface area (Å²) in [5.41, 5.74) is 7.18. The Morgan fingerprint density at radius 3 is 2.87 bits per heavy atom. The van der Waals surface area contributed by atoms with E-state index in [9.17, 15) is 4.79 Å². The highest BCUT2D eigenvalue weighted by Gasteiger charge is 2.36. The molecule has 4 nitrogen and oxygen atoms in total. The normalized spacial score (nSPS) is 28.0. The Bertz CT molecular complexity index is 578. The Kier molecular flexibility index (Phi) is 5.27. The maximum Gasteiger partial charge on any atom is 0.226 e. The molecule has 1 heterocycles. The van der Waals surface area contributed by atoms with E-state index < -0.39 is 0 Å². The molecule has 1 aromatic rings. The molecular formula is C18H25BrN2O2. The van der Waals surface area contributed by atoms with Crippen LogP contribution in [0.3, 0.4) is 0 Å². The van der Waals surface area contributed by atoms with Gasteiger partial charge in [0.1, 0.15) is 5.75 Å². The van der Waals surface area contributed by atoms with Crippen molar-refractivity contribution < 1.29 is 9.53 Å². The molecule has 0 spiro atoms. The molecule has 3 rings (SSSR count). The van der Waals surface area contributed by atoms with Crippen LogP contribution >= 0.6 is 15.9 Å². The molecule has 1 saturated carbocycles. The van der Waals surface area contributed by atoms with Gasteiger partial charge in [0, 0.05) is 28.5 Å². The van der Waals surface area contributed by atoms with Gasteiger partial charge in [-0.3, -0.25) is 4.79 Å². The number of amides is 1. The number of benzene rings is 1. The third kappa shape index (κ3) is 3.56. The van der Waals surface area contributed by atoms with Gasteiger partial charge in [-0.1, -0.05) is 22.4 Å². The predicted molar refractivity (Wildman–Crippen MR) is 94.3 cm³/mol. The van der Waals surface area contributed by atoms with Gasteiger partial charge in [0.25, 0.3) is 0 Å². The number of methoxy groups -OCH3 is 1. The van der Waals surface area contributed by atoms with Crippen molar-refractivity contribution in [2.45, 2.75) is 50.6 Å². The van der Waals surface area contributed by atoms with Gasteiger partial charge < -0.3 is 15.4 Å². The molecule has 1 aliphatic heterocycles. The van der Waals surface area contributed by atoms with Crippen LogP contribution < -0.4 is 10.5 Å². The highest BCUT2D eigenvalue weighted by atomic mass is 79.9. The lowest BCUT2D eigenvalue weighted by atomic mass is 9.85. The average molecular weight is 381 g/mol. The number of nitrogens with two attached hydrogens (primary N) is 1. The SMILES string of the molecule is COc1ccc(Br)cc1C1CCCN1C(=O)C1CCCC(N)C1. The number of halogens is 1. The van der Waals surface area contributed by atoms with Crippen LogP contribution in [-0.2, 0) is 4.79 Å². The van der Waals surface area contributed by atoms with E-state index in [1.807, 2.05) is 12.1 Å². The molecule has 1 aliphatic carbocycles. The van der Waals surface area contributed by atoms with Gasteiger partial charge in [0.05, 0.1) is 13.2 Å². The zero-order valence-corrected chi connectivity index (χ0v) is 15.2. The fourth-order valence-electron chi connectivity index (χ4n) is 4.01. The molecule has 5 heteroatoms. The molecule has 0 bridgehead atoms. The van der Waals surface area contributed by atoms with Crippen LogP contribution in [0.25, 0.3) is 0 Å². The lowest BCUT2D eigenvalue weighted by Crippen LogP contribution is -2.40. The van der Waals surface area contributed by atoms with Gasteiger partial charge in [0.2, 0.25) is 5.91 Å².